The van der Waals surface area contributed by atoms with E-state index in [9.17, 15) is 13.2 Å². The Morgan fingerprint density at radius 2 is 1.73 bits per heavy atom. The van der Waals surface area contributed by atoms with Crippen molar-refractivity contribution in [2.24, 2.45) is 0 Å². The zero-order chi connectivity index (χ0) is 8.59. The fourth-order valence-electron chi connectivity index (χ4n) is 0.657. The molecule has 1 rings (SSSR count). The second-order valence-electron chi connectivity index (χ2n) is 2.09. The lowest BCUT2D eigenvalue weighted by Crippen LogP contribution is -1.93. The maximum Gasteiger partial charge on any atom is 0.177 e. The van der Waals surface area contributed by atoms with Gasteiger partial charge < -0.3 is 0 Å². The monoisotopic (exact) mass is 180 g/mol. The Bertz CT molecular complexity index is 270. The van der Waals surface area contributed by atoms with Gasteiger partial charge in [-0.2, -0.15) is 0 Å². The van der Waals surface area contributed by atoms with E-state index in [4.69, 9.17) is 11.6 Å². The fraction of sp³-hybridized carbons (Fsp3) is 0.143. The zero-order valence-corrected chi connectivity index (χ0v) is 6.35. The van der Waals surface area contributed by atoms with Crippen LogP contribution in [0.25, 0.3) is 0 Å². The van der Waals surface area contributed by atoms with Crippen molar-refractivity contribution in [3.05, 3.63) is 34.1 Å². The van der Waals surface area contributed by atoms with Gasteiger partial charge in [0.15, 0.2) is 11.6 Å². The Hall–Kier alpha value is -0.700. The topological polar surface area (TPSA) is 0 Å². The molecule has 60 valence electrons. The molecule has 0 unspecified atom stereocenters. The number of halogens is 4. The van der Waals surface area contributed by atoms with Crippen molar-refractivity contribution >= 4 is 11.6 Å². The van der Waals surface area contributed by atoms with Gasteiger partial charge in [0.2, 0.25) is 0 Å². The van der Waals surface area contributed by atoms with Crippen molar-refractivity contribution in [1.29, 1.82) is 0 Å². The third-order valence-corrected chi connectivity index (χ3v) is 1.62. The van der Waals surface area contributed by atoms with Crippen LogP contribution in [0.2, 0.25) is 5.02 Å². The van der Waals surface area contributed by atoms with Crippen LogP contribution < -0.4 is 0 Å². The van der Waals surface area contributed by atoms with Gasteiger partial charge >= 0.3 is 0 Å². The molecule has 0 spiro atoms. The predicted molar refractivity (Wildman–Crippen MR) is 36.1 cm³/mol. The van der Waals surface area contributed by atoms with Gasteiger partial charge in [-0.3, -0.25) is 0 Å². The van der Waals surface area contributed by atoms with E-state index in [0.29, 0.717) is 0 Å². The van der Waals surface area contributed by atoms with Gasteiger partial charge in [-0.15, -0.1) is 0 Å². The Labute approximate surface area is 66.6 Å². The lowest BCUT2D eigenvalue weighted by Gasteiger charge is -2.00. The molecule has 0 bridgehead atoms. The minimum Gasteiger partial charge on any atom is -0.207 e. The summed E-state index contributed by atoms with van der Waals surface area (Å²) in [6.07, 6.45) is 0. The van der Waals surface area contributed by atoms with Crippen LogP contribution >= 0.6 is 11.6 Å². The normalized spacial score (nSPS) is 10.3. The second kappa shape index (κ2) is 2.74. The Morgan fingerprint density at radius 3 is 2.27 bits per heavy atom. The van der Waals surface area contributed by atoms with Gasteiger partial charge in [0.1, 0.15) is 5.82 Å². The summed E-state index contributed by atoms with van der Waals surface area (Å²) in [5.74, 6) is -3.27. The van der Waals surface area contributed by atoms with Crippen LogP contribution in [0.5, 0.6) is 0 Å². The van der Waals surface area contributed by atoms with E-state index >= 15 is 0 Å². The largest absolute Gasteiger partial charge is 0.207 e. The quantitative estimate of drug-likeness (QED) is 0.425. The molecule has 0 N–H and O–H groups in total. The molecular formula is C7H4ClF3. The molecule has 0 aliphatic heterocycles. The molecule has 11 heavy (non-hydrogen) atoms. The third-order valence-electron chi connectivity index (χ3n) is 1.34. The van der Waals surface area contributed by atoms with Crippen LogP contribution in [0.1, 0.15) is 5.56 Å². The first-order valence-electron chi connectivity index (χ1n) is 2.83. The molecule has 0 saturated heterocycles. The van der Waals surface area contributed by atoms with Crippen LogP contribution in [0, 0.1) is 24.4 Å². The molecule has 0 saturated carbocycles. The molecule has 0 aliphatic rings. The Balaban J connectivity index is 3.46. The van der Waals surface area contributed by atoms with Gasteiger partial charge in [-0.25, -0.2) is 13.2 Å². The molecule has 1 aromatic carbocycles. The van der Waals surface area contributed by atoms with Gasteiger partial charge in [0.25, 0.3) is 0 Å². The van der Waals surface area contributed by atoms with E-state index in [1.807, 2.05) is 0 Å². The zero-order valence-electron chi connectivity index (χ0n) is 5.59. The highest BCUT2D eigenvalue weighted by atomic mass is 35.5. The minimum atomic E-state index is -1.23. The minimum absolute atomic E-state index is 0.355. The van der Waals surface area contributed by atoms with Crippen LogP contribution in [-0.4, -0.2) is 0 Å². The van der Waals surface area contributed by atoms with E-state index < -0.39 is 22.5 Å². The van der Waals surface area contributed by atoms with Crippen LogP contribution in [-0.2, 0) is 0 Å². The predicted octanol–water partition coefficient (Wildman–Crippen LogP) is 3.07. The summed E-state index contributed by atoms with van der Waals surface area (Å²) in [4.78, 5) is 0. The number of hydrogen-bond donors (Lipinski definition) is 0. The number of rotatable bonds is 0. The SMILES string of the molecule is Cc1c(F)cc(Cl)c(F)c1F. The van der Waals surface area contributed by atoms with Crippen LogP contribution in [0.4, 0.5) is 13.2 Å². The first kappa shape index (κ1) is 8.40. The molecule has 0 radical (unpaired) electrons. The maximum absolute atomic E-state index is 12.6. The first-order valence-corrected chi connectivity index (χ1v) is 3.21. The summed E-state index contributed by atoms with van der Waals surface area (Å²) in [6.45, 7) is 1.14. The highest BCUT2D eigenvalue weighted by Gasteiger charge is 2.13. The second-order valence-corrected chi connectivity index (χ2v) is 2.50. The van der Waals surface area contributed by atoms with Gasteiger partial charge in [0, 0.05) is 5.56 Å². The van der Waals surface area contributed by atoms with Crippen LogP contribution in [0.3, 0.4) is 0 Å². The molecule has 1 aromatic rings. The maximum atomic E-state index is 12.6. The van der Waals surface area contributed by atoms with E-state index in [1.165, 1.54) is 0 Å². The highest BCUT2D eigenvalue weighted by Crippen LogP contribution is 2.22. The highest BCUT2D eigenvalue weighted by molar-refractivity contribution is 6.30. The summed E-state index contributed by atoms with van der Waals surface area (Å²) in [6, 6.07) is 0.745. The number of benzene rings is 1. The van der Waals surface area contributed by atoms with Crippen molar-refractivity contribution in [2.75, 3.05) is 0 Å². The van der Waals surface area contributed by atoms with Crippen LogP contribution in [0.15, 0.2) is 6.07 Å². The van der Waals surface area contributed by atoms with Crippen molar-refractivity contribution in [3.8, 4) is 0 Å². The van der Waals surface area contributed by atoms with Gasteiger partial charge in [-0.1, -0.05) is 11.6 Å². The molecule has 0 aromatic heterocycles. The van der Waals surface area contributed by atoms with Gasteiger partial charge in [0.05, 0.1) is 5.02 Å². The molecule has 0 nitrogen and oxygen atoms in total. The van der Waals surface area contributed by atoms with Crippen molar-refractivity contribution in [2.45, 2.75) is 6.92 Å². The average molecular weight is 181 g/mol. The Kier molecular flexibility index (Phi) is 2.09. The molecule has 0 heterocycles. The summed E-state index contributed by atoms with van der Waals surface area (Å²) in [7, 11) is 0. The van der Waals surface area contributed by atoms with Crippen molar-refractivity contribution < 1.29 is 13.2 Å². The summed E-state index contributed by atoms with van der Waals surface area (Å²) in [5.41, 5.74) is -0.355. The van der Waals surface area contributed by atoms with Gasteiger partial charge in [-0.05, 0) is 13.0 Å². The lowest BCUT2D eigenvalue weighted by atomic mass is 10.2. The summed E-state index contributed by atoms with van der Waals surface area (Å²) in [5, 5.41) is -0.536. The molecule has 0 atom stereocenters. The summed E-state index contributed by atoms with van der Waals surface area (Å²) < 4.78 is 37.6. The lowest BCUT2D eigenvalue weighted by molar-refractivity contribution is 0.486. The van der Waals surface area contributed by atoms with E-state index in [1.54, 1.807) is 0 Å². The number of hydrogen-bond acceptors (Lipinski definition) is 0. The van der Waals surface area contributed by atoms with E-state index in [-0.39, 0.29) is 5.56 Å². The van der Waals surface area contributed by atoms with Crippen molar-refractivity contribution in [3.63, 3.8) is 0 Å². The Morgan fingerprint density at radius 1 is 1.18 bits per heavy atom. The van der Waals surface area contributed by atoms with E-state index in [2.05, 4.69) is 0 Å². The van der Waals surface area contributed by atoms with E-state index in [0.717, 1.165) is 13.0 Å². The molecule has 0 amide bonds. The third kappa shape index (κ3) is 1.33. The summed E-state index contributed by atoms with van der Waals surface area (Å²) >= 11 is 5.14. The molecule has 4 heteroatoms. The molecule has 0 aliphatic carbocycles. The fourth-order valence-corrected chi connectivity index (χ4v) is 0.836. The molecular weight excluding hydrogens is 177 g/mol. The smallest absolute Gasteiger partial charge is 0.177 e. The standard InChI is InChI=1S/C7H4ClF3/c1-3-5(9)2-4(8)7(11)6(3)10/h2H,1H3. The molecule has 0 fully saturated rings. The average Bonchev–Trinajstić information content (AvgIpc) is 1.97. The first-order chi connectivity index (χ1) is 5.04. The van der Waals surface area contributed by atoms with Crippen molar-refractivity contribution in [1.82, 2.24) is 0 Å².